The second-order valence-electron chi connectivity index (χ2n) is 3.83. The van der Waals surface area contributed by atoms with Gasteiger partial charge < -0.3 is 15.2 Å². The van der Waals surface area contributed by atoms with E-state index >= 15 is 0 Å². The Morgan fingerprint density at radius 3 is 2.69 bits per heavy atom. The van der Waals surface area contributed by atoms with Crippen molar-refractivity contribution in [1.82, 2.24) is 0 Å². The van der Waals surface area contributed by atoms with Gasteiger partial charge in [0.2, 0.25) is 0 Å². The molecule has 1 aliphatic rings. The van der Waals surface area contributed by atoms with Crippen LogP contribution in [0.25, 0.3) is 0 Å². The average Bonchev–Trinajstić information content (AvgIpc) is 2.88. The molecule has 3 nitrogen and oxygen atoms in total. The van der Waals surface area contributed by atoms with Crippen LogP contribution in [0.1, 0.15) is 25.7 Å². The van der Waals surface area contributed by atoms with Crippen LogP contribution in [0.15, 0.2) is 0 Å². The third-order valence-electron chi connectivity index (χ3n) is 2.40. The molecular formula is C10H21NO2. The predicted molar refractivity (Wildman–Crippen MR) is 52.6 cm³/mol. The Hall–Kier alpha value is -0.120. The van der Waals surface area contributed by atoms with Crippen molar-refractivity contribution in [3.05, 3.63) is 0 Å². The number of methoxy groups -OCH3 is 1. The predicted octanol–water partition coefficient (Wildman–Crippen LogP) is 1.17. The Morgan fingerprint density at radius 1 is 1.31 bits per heavy atom. The summed E-state index contributed by atoms with van der Waals surface area (Å²) >= 11 is 0. The van der Waals surface area contributed by atoms with Crippen LogP contribution in [0.2, 0.25) is 0 Å². The van der Waals surface area contributed by atoms with Crippen molar-refractivity contribution in [3.63, 3.8) is 0 Å². The highest BCUT2D eigenvalue weighted by atomic mass is 16.5. The molecule has 1 rings (SSSR count). The maximum atomic E-state index is 5.92. The lowest BCUT2D eigenvalue weighted by molar-refractivity contribution is 0.0667. The van der Waals surface area contributed by atoms with E-state index in [2.05, 4.69) is 0 Å². The number of ether oxygens (including phenoxy) is 2. The highest BCUT2D eigenvalue weighted by Gasteiger charge is 2.23. The molecule has 13 heavy (non-hydrogen) atoms. The van der Waals surface area contributed by atoms with Crippen LogP contribution in [0, 0.1) is 5.92 Å². The van der Waals surface area contributed by atoms with Gasteiger partial charge in [0.25, 0.3) is 0 Å². The molecular weight excluding hydrogens is 166 g/mol. The zero-order valence-corrected chi connectivity index (χ0v) is 8.50. The topological polar surface area (TPSA) is 44.5 Å². The number of rotatable bonds is 8. The maximum Gasteiger partial charge on any atom is 0.0700 e. The molecule has 0 heterocycles. The van der Waals surface area contributed by atoms with E-state index in [4.69, 9.17) is 15.2 Å². The van der Waals surface area contributed by atoms with Crippen LogP contribution in [-0.4, -0.2) is 33.0 Å². The minimum atomic E-state index is 0.343. The van der Waals surface area contributed by atoms with Crippen molar-refractivity contribution in [3.8, 4) is 0 Å². The fourth-order valence-corrected chi connectivity index (χ4v) is 1.38. The third-order valence-corrected chi connectivity index (χ3v) is 2.40. The van der Waals surface area contributed by atoms with E-state index < -0.39 is 0 Å². The van der Waals surface area contributed by atoms with E-state index in [1.807, 2.05) is 0 Å². The van der Waals surface area contributed by atoms with Gasteiger partial charge in [-0.25, -0.2) is 0 Å². The molecule has 2 N–H and O–H groups in total. The van der Waals surface area contributed by atoms with E-state index in [-0.39, 0.29) is 0 Å². The van der Waals surface area contributed by atoms with Crippen molar-refractivity contribution in [2.24, 2.45) is 11.7 Å². The lowest BCUT2D eigenvalue weighted by Crippen LogP contribution is -2.22. The summed E-state index contributed by atoms with van der Waals surface area (Å²) in [7, 11) is 1.68. The van der Waals surface area contributed by atoms with Gasteiger partial charge in [-0.15, -0.1) is 0 Å². The minimum absolute atomic E-state index is 0.343. The summed E-state index contributed by atoms with van der Waals surface area (Å²) in [6, 6.07) is 0.343. The molecule has 78 valence electrons. The monoisotopic (exact) mass is 187 g/mol. The molecule has 0 aliphatic heterocycles. The smallest absolute Gasteiger partial charge is 0.0700 e. The van der Waals surface area contributed by atoms with Crippen LogP contribution >= 0.6 is 0 Å². The molecule has 0 aromatic rings. The van der Waals surface area contributed by atoms with E-state index in [1.54, 1.807) is 7.11 Å². The first kappa shape index (κ1) is 11.0. The number of hydrogen-bond donors (Lipinski definition) is 1. The lowest BCUT2D eigenvalue weighted by Gasteiger charge is -2.10. The molecule has 1 fully saturated rings. The zero-order valence-electron chi connectivity index (χ0n) is 8.50. The van der Waals surface area contributed by atoms with Gasteiger partial charge in [-0.1, -0.05) is 12.8 Å². The van der Waals surface area contributed by atoms with Crippen LogP contribution in [0.4, 0.5) is 0 Å². The van der Waals surface area contributed by atoms with Crippen molar-refractivity contribution >= 4 is 0 Å². The van der Waals surface area contributed by atoms with Gasteiger partial charge in [-0.2, -0.15) is 0 Å². The largest absolute Gasteiger partial charge is 0.382 e. The van der Waals surface area contributed by atoms with Crippen molar-refractivity contribution in [2.45, 2.75) is 31.7 Å². The van der Waals surface area contributed by atoms with Gasteiger partial charge >= 0.3 is 0 Å². The molecule has 0 aromatic heterocycles. The summed E-state index contributed by atoms with van der Waals surface area (Å²) in [5, 5.41) is 0. The number of nitrogens with two attached hydrogens (primary N) is 1. The molecule has 1 unspecified atom stereocenters. The summed E-state index contributed by atoms with van der Waals surface area (Å²) < 4.78 is 10.2. The van der Waals surface area contributed by atoms with Gasteiger partial charge in [0.05, 0.1) is 13.2 Å². The Balaban J connectivity index is 1.80. The van der Waals surface area contributed by atoms with Crippen LogP contribution < -0.4 is 5.73 Å². The standard InChI is InChI=1S/C10H21NO2/c1-12-6-7-13-5-4-10(11)8-9-2-3-9/h9-10H,2-8,11H2,1H3. The quantitative estimate of drug-likeness (QED) is 0.580. The minimum Gasteiger partial charge on any atom is -0.382 e. The molecule has 0 spiro atoms. The molecule has 0 saturated heterocycles. The summed E-state index contributed by atoms with van der Waals surface area (Å²) in [4.78, 5) is 0. The lowest BCUT2D eigenvalue weighted by atomic mass is 10.1. The van der Waals surface area contributed by atoms with E-state index in [0.717, 1.165) is 18.9 Å². The normalized spacial score (nSPS) is 18.9. The van der Waals surface area contributed by atoms with Gasteiger partial charge in [0, 0.05) is 19.8 Å². The Labute approximate surface area is 80.6 Å². The number of hydrogen-bond acceptors (Lipinski definition) is 3. The van der Waals surface area contributed by atoms with E-state index in [9.17, 15) is 0 Å². The van der Waals surface area contributed by atoms with Crippen molar-refractivity contribution < 1.29 is 9.47 Å². The second kappa shape index (κ2) is 6.35. The molecule has 1 atom stereocenters. The molecule has 0 bridgehead atoms. The molecule has 0 radical (unpaired) electrons. The first-order valence-electron chi connectivity index (χ1n) is 5.15. The fraction of sp³-hybridized carbons (Fsp3) is 1.00. The summed E-state index contributed by atoms with van der Waals surface area (Å²) in [6.45, 7) is 2.14. The summed E-state index contributed by atoms with van der Waals surface area (Å²) in [5.41, 5.74) is 5.92. The van der Waals surface area contributed by atoms with Crippen molar-refractivity contribution in [1.29, 1.82) is 0 Å². The molecule has 1 saturated carbocycles. The first-order chi connectivity index (χ1) is 6.33. The molecule has 1 aliphatic carbocycles. The van der Waals surface area contributed by atoms with Gasteiger partial charge in [-0.05, 0) is 18.8 Å². The Morgan fingerprint density at radius 2 is 2.08 bits per heavy atom. The van der Waals surface area contributed by atoms with E-state index in [1.165, 1.54) is 19.3 Å². The highest BCUT2D eigenvalue weighted by Crippen LogP contribution is 2.33. The molecule has 0 amide bonds. The Bertz CT molecular complexity index is 126. The van der Waals surface area contributed by atoms with E-state index in [0.29, 0.717) is 19.3 Å². The van der Waals surface area contributed by atoms with Gasteiger partial charge in [0.15, 0.2) is 0 Å². The van der Waals surface area contributed by atoms with Crippen LogP contribution in [-0.2, 0) is 9.47 Å². The van der Waals surface area contributed by atoms with Crippen LogP contribution in [0.3, 0.4) is 0 Å². The van der Waals surface area contributed by atoms with Gasteiger partial charge in [-0.3, -0.25) is 0 Å². The Kier molecular flexibility index (Phi) is 5.35. The van der Waals surface area contributed by atoms with Crippen molar-refractivity contribution in [2.75, 3.05) is 26.9 Å². The molecule has 3 heteroatoms. The zero-order chi connectivity index (χ0) is 9.52. The average molecular weight is 187 g/mol. The summed E-state index contributed by atoms with van der Waals surface area (Å²) in [6.07, 6.45) is 4.95. The maximum absolute atomic E-state index is 5.92. The molecule has 0 aromatic carbocycles. The van der Waals surface area contributed by atoms with Gasteiger partial charge in [0.1, 0.15) is 0 Å². The third kappa shape index (κ3) is 6.02. The van der Waals surface area contributed by atoms with Crippen LogP contribution in [0.5, 0.6) is 0 Å². The fourth-order valence-electron chi connectivity index (χ4n) is 1.38. The summed E-state index contributed by atoms with van der Waals surface area (Å²) in [5.74, 6) is 0.925. The SMILES string of the molecule is COCCOCCC(N)CC1CC1. The highest BCUT2D eigenvalue weighted by molar-refractivity contribution is 4.78. The second-order valence-corrected chi connectivity index (χ2v) is 3.83. The first-order valence-corrected chi connectivity index (χ1v) is 5.15.